The van der Waals surface area contributed by atoms with E-state index in [2.05, 4.69) is 4.74 Å². The molecule has 0 spiro atoms. The van der Waals surface area contributed by atoms with Gasteiger partial charge in [-0.3, -0.25) is 0 Å². The van der Waals surface area contributed by atoms with E-state index in [1.165, 1.54) is 7.11 Å². The number of hydrogen-bond donors (Lipinski definition) is 1. The molecule has 0 aliphatic rings. The van der Waals surface area contributed by atoms with Gasteiger partial charge in [0.15, 0.2) is 0 Å². The van der Waals surface area contributed by atoms with Crippen molar-refractivity contribution in [3.63, 3.8) is 0 Å². The van der Waals surface area contributed by atoms with Crippen molar-refractivity contribution in [3.05, 3.63) is 0 Å². The standard InChI is InChI=1S/C8H13F6NO2/c1-15(3-4-17-2)5-6(16,7(9,10)11)8(12,13)14/h16H,3-5H2,1-2H3. The molecule has 0 aromatic rings. The van der Waals surface area contributed by atoms with Crippen LogP contribution in [0.3, 0.4) is 0 Å². The molecule has 0 bridgehead atoms. The van der Waals surface area contributed by atoms with Crippen LogP contribution < -0.4 is 0 Å². The van der Waals surface area contributed by atoms with Crippen molar-refractivity contribution in [1.29, 1.82) is 0 Å². The van der Waals surface area contributed by atoms with E-state index in [0.29, 0.717) is 4.90 Å². The Labute approximate surface area is 94.0 Å². The van der Waals surface area contributed by atoms with Gasteiger partial charge in [-0.25, -0.2) is 0 Å². The van der Waals surface area contributed by atoms with Gasteiger partial charge in [0, 0.05) is 20.2 Å². The Balaban J connectivity index is 4.86. The number of likely N-dealkylation sites (N-methyl/N-ethyl adjacent to an activating group) is 1. The molecule has 0 amide bonds. The third-order valence-corrected chi connectivity index (χ3v) is 2.11. The van der Waals surface area contributed by atoms with E-state index >= 15 is 0 Å². The molecule has 1 N–H and O–H groups in total. The third-order valence-electron chi connectivity index (χ3n) is 2.11. The van der Waals surface area contributed by atoms with Gasteiger partial charge in [0.25, 0.3) is 5.60 Å². The number of methoxy groups -OCH3 is 1. The molecular formula is C8H13F6NO2. The maximum atomic E-state index is 12.3. The number of aliphatic hydroxyl groups is 1. The van der Waals surface area contributed by atoms with E-state index in [4.69, 9.17) is 5.11 Å². The monoisotopic (exact) mass is 269 g/mol. The Hall–Kier alpha value is -0.540. The van der Waals surface area contributed by atoms with Crippen LogP contribution in [0, 0.1) is 0 Å². The van der Waals surface area contributed by atoms with Crippen molar-refractivity contribution in [2.24, 2.45) is 0 Å². The summed E-state index contributed by atoms with van der Waals surface area (Å²) in [7, 11) is 2.29. The van der Waals surface area contributed by atoms with Gasteiger partial charge in [-0.2, -0.15) is 26.3 Å². The van der Waals surface area contributed by atoms with E-state index in [-0.39, 0.29) is 13.2 Å². The topological polar surface area (TPSA) is 32.7 Å². The summed E-state index contributed by atoms with van der Waals surface area (Å²) < 4.78 is 78.0. The van der Waals surface area contributed by atoms with Crippen LogP contribution in [0.1, 0.15) is 0 Å². The summed E-state index contributed by atoms with van der Waals surface area (Å²) in [6.07, 6.45) is -11.6. The number of hydrogen-bond acceptors (Lipinski definition) is 3. The van der Waals surface area contributed by atoms with Gasteiger partial charge in [-0.1, -0.05) is 0 Å². The fourth-order valence-corrected chi connectivity index (χ4v) is 1.06. The molecule has 3 nitrogen and oxygen atoms in total. The Morgan fingerprint density at radius 3 is 1.76 bits per heavy atom. The number of nitrogens with zero attached hydrogens (tertiary/aromatic N) is 1. The highest BCUT2D eigenvalue weighted by Crippen LogP contribution is 2.43. The van der Waals surface area contributed by atoms with Crippen LogP contribution in [0.5, 0.6) is 0 Å². The molecule has 0 saturated heterocycles. The minimum absolute atomic E-state index is 0.0394. The molecule has 0 aliphatic heterocycles. The second-order valence-electron chi connectivity index (χ2n) is 3.59. The second-order valence-corrected chi connectivity index (χ2v) is 3.59. The zero-order valence-electron chi connectivity index (χ0n) is 9.19. The maximum Gasteiger partial charge on any atom is 0.427 e. The van der Waals surface area contributed by atoms with Crippen LogP contribution in [-0.4, -0.2) is 61.8 Å². The van der Waals surface area contributed by atoms with Crippen LogP contribution in [0.25, 0.3) is 0 Å². The average molecular weight is 269 g/mol. The fraction of sp³-hybridized carbons (Fsp3) is 1.00. The van der Waals surface area contributed by atoms with E-state index in [9.17, 15) is 26.3 Å². The van der Waals surface area contributed by atoms with Crippen LogP contribution >= 0.6 is 0 Å². The second kappa shape index (κ2) is 5.40. The molecule has 0 radical (unpaired) electrons. The quantitative estimate of drug-likeness (QED) is 0.766. The van der Waals surface area contributed by atoms with Gasteiger partial charge in [0.05, 0.1) is 6.61 Å². The van der Waals surface area contributed by atoms with Gasteiger partial charge in [-0.15, -0.1) is 0 Å². The van der Waals surface area contributed by atoms with Crippen LogP contribution in [0.15, 0.2) is 0 Å². The SMILES string of the molecule is COCCN(C)CC(O)(C(F)(F)F)C(F)(F)F. The summed E-state index contributed by atoms with van der Waals surface area (Å²) in [6, 6.07) is 0. The molecule has 0 aromatic carbocycles. The fourth-order valence-electron chi connectivity index (χ4n) is 1.06. The Kier molecular flexibility index (Phi) is 5.23. The summed E-state index contributed by atoms with van der Waals surface area (Å²) >= 11 is 0. The first kappa shape index (κ1) is 16.5. The molecule has 0 heterocycles. The van der Waals surface area contributed by atoms with Crippen LogP contribution in [-0.2, 0) is 4.74 Å². The van der Waals surface area contributed by atoms with Crippen molar-refractivity contribution >= 4 is 0 Å². The Morgan fingerprint density at radius 2 is 1.47 bits per heavy atom. The highest BCUT2D eigenvalue weighted by Gasteiger charge is 2.70. The molecule has 0 fully saturated rings. The van der Waals surface area contributed by atoms with Crippen molar-refractivity contribution < 1.29 is 36.2 Å². The lowest BCUT2D eigenvalue weighted by atomic mass is 10.0. The van der Waals surface area contributed by atoms with Crippen molar-refractivity contribution in [1.82, 2.24) is 4.90 Å². The summed E-state index contributed by atoms with van der Waals surface area (Å²) in [5.74, 6) is 0. The van der Waals surface area contributed by atoms with Gasteiger partial charge >= 0.3 is 12.4 Å². The van der Waals surface area contributed by atoms with E-state index in [1.807, 2.05) is 0 Å². The van der Waals surface area contributed by atoms with Gasteiger partial charge in [0.1, 0.15) is 0 Å². The Bertz CT molecular complexity index is 225. The molecule has 17 heavy (non-hydrogen) atoms. The number of alkyl halides is 6. The normalized spacial score (nSPS) is 14.5. The highest BCUT2D eigenvalue weighted by molar-refractivity contribution is 4.96. The zero-order chi connectivity index (χ0) is 13.9. The molecule has 0 unspecified atom stereocenters. The van der Waals surface area contributed by atoms with E-state index in [0.717, 1.165) is 7.05 Å². The van der Waals surface area contributed by atoms with Gasteiger partial charge in [-0.05, 0) is 7.05 Å². The van der Waals surface area contributed by atoms with E-state index in [1.54, 1.807) is 0 Å². The van der Waals surface area contributed by atoms with Gasteiger partial charge < -0.3 is 14.7 Å². The van der Waals surface area contributed by atoms with Crippen molar-refractivity contribution in [2.45, 2.75) is 18.0 Å². The first-order valence-electron chi connectivity index (χ1n) is 4.49. The molecule has 9 heteroatoms. The maximum absolute atomic E-state index is 12.3. The minimum Gasteiger partial charge on any atom is -0.383 e. The minimum atomic E-state index is -5.79. The smallest absolute Gasteiger partial charge is 0.383 e. The van der Waals surface area contributed by atoms with Crippen LogP contribution in [0.2, 0.25) is 0 Å². The van der Waals surface area contributed by atoms with Gasteiger partial charge in [0.2, 0.25) is 0 Å². The molecule has 0 aliphatic carbocycles. The molecule has 0 aromatic heterocycles. The average Bonchev–Trinajstić information content (AvgIpc) is 2.10. The Morgan fingerprint density at radius 1 is 1.06 bits per heavy atom. The lowest BCUT2D eigenvalue weighted by Gasteiger charge is -2.35. The molecule has 0 rings (SSSR count). The number of ether oxygens (including phenoxy) is 1. The summed E-state index contributed by atoms with van der Waals surface area (Å²) in [5.41, 5.74) is -4.73. The van der Waals surface area contributed by atoms with Crippen molar-refractivity contribution in [2.75, 3.05) is 33.9 Å². The molecule has 0 atom stereocenters. The third kappa shape index (κ3) is 4.00. The number of halogens is 6. The largest absolute Gasteiger partial charge is 0.427 e. The summed E-state index contributed by atoms with van der Waals surface area (Å²) in [5, 5.41) is 8.82. The lowest BCUT2D eigenvalue weighted by Crippen LogP contribution is -2.62. The predicted molar refractivity (Wildman–Crippen MR) is 46.4 cm³/mol. The first-order valence-corrected chi connectivity index (χ1v) is 4.49. The van der Waals surface area contributed by atoms with Crippen molar-refractivity contribution in [3.8, 4) is 0 Å². The first-order chi connectivity index (χ1) is 7.45. The lowest BCUT2D eigenvalue weighted by molar-refractivity contribution is -0.370. The number of rotatable bonds is 5. The summed E-state index contributed by atoms with van der Waals surface area (Å²) in [6.45, 7) is -1.80. The molecule has 104 valence electrons. The molecular weight excluding hydrogens is 256 g/mol. The van der Waals surface area contributed by atoms with Crippen LogP contribution in [0.4, 0.5) is 26.3 Å². The summed E-state index contributed by atoms with van der Waals surface area (Å²) in [4.78, 5) is 0.699. The predicted octanol–water partition coefficient (Wildman–Crippen LogP) is 1.42. The molecule has 0 saturated carbocycles. The zero-order valence-corrected chi connectivity index (χ0v) is 9.19. The van der Waals surface area contributed by atoms with E-state index < -0.39 is 24.5 Å². The highest BCUT2D eigenvalue weighted by atomic mass is 19.4.